The Morgan fingerprint density at radius 1 is 1.13 bits per heavy atom. The molecule has 2 aliphatic heterocycles. The van der Waals surface area contributed by atoms with Crippen LogP contribution in [0.3, 0.4) is 0 Å². The number of hydrogen-bond acceptors (Lipinski definition) is 4. The van der Waals surface area contributed by atoms with Crippen LogP contribution in [0.5, 0.6) is 0 Å². The molecular formula is C16H19N3O3S. The third-order valence-corrected chi connectivity index (χ3v) is 5.16. The summed E-state index contributed by atoms with van der Waals surface area (Å²) in [4.78, 5) is 40.2. The molecule has 1 saturated heterocycles. The van der Waals surface area contributed by atoms with Gasteiger partial charge in [-0.1, -0.05) is 0 Å². The van der Waals surface area contributed by atoms with E-state index in [1.807, 2.05) is 6.07 Å². The Kier molecular flexibility index (Phi) is 4.56. The molecule has 0 aromatic heterocycles. The summed E-state index contributed by atoms with van der Waals surface area (Å²) in [7, 11) is 0. The minimum atomic E-state index is -0.0528. The zero-order valence-electron chi connectivity index (χ0n) is 13.0. The molecule has 1 fully saturated rings. The molecule has 3 rings (SSSR count). The first-order valence-electron chi connectivity index (χ1n) is 7.66. The minimum absolute atomic E-state index is 0.0426. The Morgan fingerprint density at radius 3 is 2.65 bits per heavy atom. The molecule has 0 saturated carbocycles. The van der Waals surface area contributed by atoms with Gasteiger partial charge in [-0.15, -0.1) is 11.8 Å². The van der Waals surface area contributed by atoms with Gasteiger partial charge in [-0.3, -0.25) is 14.4 Å². The molecule has 1 N–H and O–H groups in total. The van der Waals surface area contributed by atoms with Crippen molar-refractivity contribution < 1.29 is 14.4 Å². The summed E-state index contributed by atoms with van der Waals surface area (Å²) >= 11 is 1.48. The van der Waals surface area contributed by atoms with E-state index in [1.54, 1.807) is 28.9 Å². The van der Waals surface area contributed by atoms with Crippen molar-refractivity contribution in [1.29, 1.82) is 0 Å². The molecule has 3 amide bonds. The highest BCUT2D eigenvalue weighted by Crippen LogP contribution is 2.32. The van der Waals surface area contributed by atoms with Crippen LogP contribution in [0.25, 0.3) is 0 Å². The summed E-state index contributed by atoms with van der Waals surface area (Å²) in [5.74, 6) is 0.364. The molecule has 2 aliphatic rings. The third kappa shape index (κ3) is 3.50. The van der Waals surface area contributed by atoms with Crippen LogP contribution >= 0.6 is 11.8 Å². The van der Waals surface area contributed by atoms with Crippen LogP contribution in [0.1, 0.15) is 23.7 Å². The molecule has 1 aromatic rings. The molecule has 0 aliphatic carbocycles. The highest BCUT2D eigenvalue weighted by molar-refractivity contribution is 8.00. The maximum atomic E-state index is 12.7. The van der Waals surface area contributed by atoms with Crippen molar-refractivity contribution in [2.24, 2.45) is 0 Å². The van der Waals surface area contributed by atoms with Gasteiger partial charge in [0, 0.05) is 43.6 Å². The molecule has 122 valence electrons. The SMILES string of the molecule is CC(=O)N1CCCN(C(=O)c2ccc3c(c2)NC(=O)CS3)CC1. The molecule has 0 radical (unpaired) electrons. The Bertz CT molecular complexity index is 662. The zero-order valence-corrected chi connectivity index (χ0v) is 13.8. The van der Waals surface area contributed by atoms with Crippen molar-refractivity contribution >= 4 is 35.2 Å². The van der Waals surface area contributed by atoms with Gasteiger partial charge in [0.05, 0.1) is 11.4 Å². The van der Waals surface area contributed by atoms with Gasteiger partial charge in [0.2, 0.25) is 11.8 Å². The predicted octanol–water partition coefficient (Wildman–Crippen LogP) is 1.43. The average molecular weight is 333 g/mol. The number of anilines is 1. The lowest BCUT2D eigenvalue weighted by Gasteiger charge is -2.22. The summed E-state index contributed by atoms with van der Waals surface area (Å²) in [5.41, 5.74) is 1.28. The highest BCUT2D eigenvalue weighted by Gasteiger charge is 2.23. The van der Waals surface area contributed by atoms with Crippen LogP contribution in [0, 0.1) is 0 Å². The lowest BCUT2D eigenvalue weighted by Crippen LogP contribution is -2.36. The minimum Gasteiger partial charge on any atom is -0.341 e. The summed E-state index contributed by atoms with van der Waals surface area (Å²) < 4.78 is 0. The van der Waals surface area contributed by atoms with Gasteiger partial charge in [-0.25, -0.2) is 0 Å². The van der Waals surface area contributed by atoms with Crippen LogP contribution in [0.2, 0.25) is 0 Å². The normalized spacial score (nSPS) is 18.0. The largest absolute Gasteiger partial charge is 0.341 e. The lowest BCUT2D eigenvalue weighted by molar-refractivity contribution is -0.128. The molecule has 0 spiro atoms. The molecule has 7 heteroatoms. The second-order valence-electron chi connectivity index (χ2n) is 5.70. The molecule has 0 atom stereocenters. The highest BCUT2D eigenvalue weighted by atomic mass is 32.2. The molecule has 2 heterocycles. The van der Waals surface area contributed by atoms with Gasteiger partial charge < -0.3 is 15.1 Å². The van der Waals surface area contributed by atoms with Crippen LogP contribution in [0.4, 0.5) is 5.69 Å². The van der Waals surface area contributed by atoms with Gasteiger partial charge in [-0.2, -0.15) is 0 Å². The van der Waals surface area contributed by atoms with E-state index < -0.39 is 0 Å². The fraction of sp³-hybridized carbons (Fsp3) is 0.438. The topological polar surface area (TPSA) is 69.7 Å². The zero-order chi connectivity index (χ0) is 16.4. The Morgan fingerprint density at radius 2 is 1.87 bits per heavy atom. The molecule has 1 aromatic carbocycles. The number of nitrogens with one attached hydrogen (secondary N) is 1. The van der Waals surface area contributed by atoms with E-state index >= 15 is 0 Å². The number of hydrogen-bond donors (Lipinski definition) is 1. The quantitative estimate of drug-likeness (QED) is 0.844. The van der Waals surface area contributed by atoms with Gasteiger partial charge in [0.25, 0.3) is 5.91 Å². The Labute approximate surface area is 139 Å². The Balaban J connectivity index is 1.74. The van der Waals surface area contributed by atoms with Crippen molar-refractivity contribution in [3.63, 3.8) is 0 Å². The maximum absolute atomic E-state index is 12.7. The van der Waals surface area contributed by atoms with E-state index in [9.17, 15) is 14.4 Å². The second-order valence-corrected chi connectivity index (χ2v) is 6.72. The van der Waals surface area contributed by atoms with Crippen molar-refractivity contribution in [2.75, 3.05) is 37.2 Å². The monoisotopic (exact) mass is 333 g/mol. The summed E-state index contributed by atoms with van der Waals surface area (Å²) in [6.07, 6.45) is 0.781. The summed E-state index contributed by atoms with van der Waals surface area (Å²) in [5, 5.41) is 2.81. The van der Waals surface area contributed by atoms with Crippen molar-refractivity contribution in [2.45, 2.75) is 18.2 Å². The average Bonchev–Trinajstić information content (AvgIpc) is 2.79. The van der Waals surface area contributed by atoms with Gasteiger partial charge >= 0.3 is 0 Å². The third-order valence-electron chi connectivity index (χ3n) is 4.09. The van der Waals surface area contributed by atoms with Crippen molar-refractivity contribution in [1.82, 2.24) is 9.80 Å². The number of thioether (sulfide) groups is 1. The van der Waals surface area contributed by atoms with Crippen LogP contribution in [-0.4, -0.2) is 59.5 Å². The number of carbonyl (C=O) groups excluding carboxylic acids is 3. The first kappa shape index (κ1) is 15.9. The number of carbonyl (C=O) groups is 3. The predicted molar refractivity (Wildman–Crippen MR) is 88.6 cm³/mol. The van der Waals surface area contributed by atoms with E-state index in [0.29, 0.717) is 43.2 Å². The van der Waals surface area contributed by atoms with Crippen LogP contribution < -0.4 is 5.32 Å². The summed E-state index contributed by atoms with van der Waals surface area (Å²) in [6, 6.07) is 5.43. The number of rotatable bonds is 1. The van der Waals surface area contributed by atoms with Crippen LogP contribution in [0.15, 0.2) is 23.1 Å². The van der Waals surface area contributed by atoms with E-state index in [1.165, 1.54) is 11.8 Å². The smallest absolute Gasteiger partial charge is 0.253 e. The van der Waals surface area contributed by atoms with Crippen molar-refractivity contribution in [3.05, 3.63) is 23.8 Å². The molecule has 6 nitrogen and oxygen atoms in total. The molecule has 0 bridgehead atoms. The molecule has 0 unspecified atom stereocenters. The number of benzene rings is 1. The molecule has 23 heavy (non-hydrogen) atoms. The van der Waals surface area contributed by atoms with E-state index in [-0.39, 0.29) is 17.7 Å². The van der Waals surface area contributed by atoms with E-state index in [4.69, 9.17) is 0 Å². The lowest BCUT2D eigenvalue weighted by atomic mass is 10.1. The van der Waals surface area contributed by atoms with Gasteiger partial charge in [-0.05, 0) is 24.6 Å². The second kappa shape index (κ2) is 6.62. The van der Waals surface area contributed by atoms with Gasteiger partial charge in [0.15, 0.2) is 0 Å². The van der Waals surface area contributed by atoms with Gasteiger partial charge in [0.1, 0.15) is 0 Å². The fourth-order valence-electron chi connectivity index (χ4n) is 2.83. The number of nitrogens with zero attached hydrogens (tertiary/aromatic N) is 2. The number of amides is 3. The van der Waals surface area contributed by atoms with Crippen molar-refractivity contribution in [3.8, 4) is 0 Å². The first-order valence-corrected chi connectivity index (χ1v) is 8.64. The van der Waals surface area contributed by atoms with E-state index in [2.05, 4.69) is 5.32 Å². The maximum Gasteiger partial charge on any atom is 0.253 e. The fourth-order valence-corrected chi connectivity index (χ4v) is 3.62. The number of fused-ring (bicyclic) bond motifs is 1. The van der Waals surface area contributed by atoms with E-state index in [0.717, 1.165) is 11.3 Å². The Hall–Kier alpha value is -2.02. The van der Waals surface area contributed by atoms with Crippen LogP contribution in [-0.2, 0) is 9.59 Å². The first-order chi connectivity index (χ1) is 11.0. The summed E-state index contributed by atoms with van der Waals surface area (Å²) in [6.45, 7) is 3.99. The standard InChI is InChI=1S/C16H19N3O3S/c1-11(20)18-5-2-6-19(8-7-18)16(22)12-3-4-14-13(9-12)17-15(21)10-23-14/h3-4,9H,2,5-8,10H2,1H3,(H,17,21). The molecular weight excluding hydrogens is 314 g/mol.